The van der Waals surface area contributed by atoms with Crippen LogP contribution in [0.3, 0.4) is 0 Å². The summed E-state index contributed by atoms with van der Waals surface area (Å²) in [5.41, 5.74) is 2.17. The number of nitrogens with zero attached hydrogens (tertiary/aromatic N) is 3. The van der Waals surface area contributed by atoms with Gasteiger partial charge in [0.25, 0.3) is 0 Å². The van der Waals surface area contributed by atoms with E-state index < -0.39 is 11.9 Å². The molecule has 0 aromatic carbocycles. The summed E-state index contributed by atoms with van der Waals surface area (Å²) in [6.07, 6.45) is 1.71. The predicted molar refractivity (Wildman–Crippen MR) is 64.7 cm³/mol. The Morgan fingerprint density at radius 3 is 2.42 bits per heavy atom. The lowest BCUT2D eigenvalue weighted by molar-refractivity contribution is 0.0559. The minimum atomic E-state index is -0.581. The summed E-state index contributed by atoms with van der Waals surface area (Å²) in [5.74, 6) is -1.15. The molecule has 0 unspecified atom stereocenters. The zero-order valence-corrected chi connectivity index (χ0v) is 10.6. The first-order chi connectivity index (χ1) is 9.10. The highest BCUT2D eigenvalue weighted by Crippen LogP contribution is 2.29. The minimum Gasteiger partial charge on any atom is -0.465 e. The van der Waals surface area contributed by atoms with Gasteiger partial charge in [-0.15, -0.1) is 0 Å². The normalized spacial score (nSPS) is 11.3. The number of rotatable bonds is 2. The van der Waals surface area contributed by atoms with E-state index in [0.29, 0.717) is 16.7 Å². The largest absolute Gasteiger partial charge is 0.465 e. The topological polar surface area (TPSA) is 74.3 Å². The van der Waals surface area contributed by atoms with Gasteiger partial charge in [-0.2, -0.15) is 9.73 Å². The highest BCUT2D eigenvalue weighted by molar-refractivity contribution is 6.14. The first-order valence-corrected chi connectivity index (χ1v) is 5.58. The Kier molecular flexibility index (Phi) is 2.25. The Bertz CT molecular complexity index is 799. The second-order valence-electron chi connectivity index (χ2n) is 4.10. The van der Waals surface area contributed by atoms with E-state index in [4.69, 9.17) is 9.47 Å². The second-order valence-corrected chi connectivity index (χ2v) is 4.10. The average molecular weight is 261 g/mol. The van der Waals surface area contributed by atoms with E-state index in [1.165, 1.54) is 14.2 Å². The quantitative estimate of drug-likeness (QED) is 0.641. The van der Waals surface area contributed by atoms with E-state index >= 15 is 0 Å². The van der Waals surface area contributed by atoms with Crippen molar-refractivity contribution in [2.24, 2.45) is 0 Å². The van der Waals surface area contributed by atoms with Crippen molar-refractivity contribution in [3.63, 3.8) is 0 Å². The SMILES string of the molecule is COC(=O)c1c(C(=O)OC)c2c(C)nn3ccc1n23. The number of ether oxygens (including phenoxy) is 2. The molecule has 0 aliphatic rings. The van der Waals surface area contributed by atoms with Gasteiger partial charge in [-0.3, -0.25) is 0 Å². The Labute approximate surface area is 107 Å². The van der Waals surface area contributed by atoms with Crippen molar-refractivity contribution in [3.05, 3.63) is 29.1 Å². The standard InChI is InChI=1S/C12H11N3O4/c1-6-10-9(12(17)19-3)8(11(16)18-2)7-4-5-14(13-6)15(7)10/h4-5H,1-3H3. The zero-order valence-electron chi connectivity index (χ0n) is 10.6. The molecule has 0 fully saturated rings. The van der Waals surface area contributed by atoms with Crippen LogP contribution in [-0.4, -0.2) is 40.4 Å². The van der Waals surface area contributed by atoms with Gasteiger partial charge in [0.2, 0.25) is 0 Å². The smallest absolute Gasteiger partial charge is 0.341 e. The van der Waals surface area contributed by atoms with Crippen LogP contribution >= 0.6 is 0 Å². The van der Waals surface area contributed by atoms with Gasteiger partial charge in [0, 0.05) is 0 Å². The molecule has 7 heteroatoms. The summed E-state index contributed by atoms with van der Waals surface area (Å²) in [6.45, 7) is 1.77. The molecule has 0 radical (unpaired) electrons. The van der Waals surface area contributed by atoms with E-state index in [9.17, 15) is 9.59 Å². The Hall–Kier alpha value is -2.57. The number of carbonyl (C=O) groups is 2. The van der Waals surface area contributed by atoms with Crippen molar-refractivity contribution in [2.45, 2.75) is 6.92 Å². The molecule has 0 saturated heterocycles. The molecule has 0 spiro atoms. The molecule has 19 heavy (non-hydrogen) atoms. The first kappa shape index (κ1) is 11.5. The van der Waals surface area contributed by atoms with E-state index in [1.54, 1.807) is 28.3 Å². The van der Waals surface area contributed by atoms with Gasteiger partial charge in [-0.05, 0) is 13.0 Å². The van der Waals surface area contributed by atoms with Crippen LogP contribution in [0, 0.1) is 6.92 Å². The number of aryl methyl sites for hydroxylation is 1. The summed E-state index contributed by atoms with van der Waals surface area (Å²) in [4.78, 5) is 23.9. The van der Waals surface area contributed by atoms with Crippen molar-refractivity contribution >= 4 is 23.0 Å². The Morgan fingerprint density at radius 2 is 1.79 bits per heavy atom. The van der Waals surface area contributed by atoms with Crippen LogP contribution in [-0.2, 0) is 9.47 Å². The third-order valence-corrected chi connectivity index (χ3v) is 3.13. The lowest BCUT2D eigenvalue weighted by Gasteiger charge is -2.01. The number of methoxy groups -OCH3 is 2. The molecule has 0 aliphatic heterocycles. The summed E-state index contributed by atoms with van der Waals surface area (Å²) in [6, 6.07) is 1.71. The van der Waals surface area contributed by atoms with Crippen LogP contribution in [0.15, 0.2) is 12.3 Å². The molecular formula is C12H11N3O4. The number of aromatic nitrogens is 3. The highest BCUT2D eigenvalue weighted by atomic mass is 16.5. The van der Waals surface area contributed by atoms with Crippen molar-refractivity contribution < 1.29 is 19.1 Å². The molecule has 0 amide bonds. The highest BCUT2D eigenvalue weighted by Gasteiger charge is 2.31. The van der Waals surface area contributed by atoms with Crippen molar-refractivity contribution in [1.82, 2.24) is 14.2 Å². The van der Waals surface area contributed by atoms with Gasteiger partial charge >= 0.3 is 11.9 Å². The summed E-state index contributed by atoms with van der Waals surface area (Å²) >= 11 is 0. The fraction of sp³-hybridized carbons (Fsp3) is 0.250. The summed E-state index contributed by atoms with van der Waals surface area (Å²) in [5, 5.41) is 4.26. The Morgan fingerprint density at radius 1 is 1.16 bits per heavy atom. The maximum absolute atomic E-state index is 12.0. The van der Waals surface area contributed by atoms with Gasteiger partial charge in [0.05, 0.1) is 31.6 Å². The third-order valence-electron chi connectivity index (χ3n) is 3.13. The number of hydrogen-bond donors (Lipinski definition) is 0. The zero-order chi connectivity index (χ0) is 13.7. The molecule has 3 aromatic heterocycles. The number of esters is 2. The van der Waals surface area contributed by atoms with E-state index in [2.05, 4.69) is 5.10 Å². The monoisotopic (exact) mass is 261 g/mol. The average Bonchev–Trinajstić information content (AvgIpc) is 3.03. The maximum atomic E-state index is 12.0. The summed E-state index contributed by atoms with van der Waals surface area (Å²) < 4.78 is 12.8. The second kappa shape index (κ2) is 3.71. The molecular weight excluding hydrogens is 250 g/mol. The molecule has 0 bridgehead atoms. The fourth-order valence-corrected chi connectivity index (χ4v) is 2.37. The predicted octanol–water partition coefficient (Wildman–Crippen LogP) is 0.906. The van der Waals surface area contributed by atoms with Crippen molar-refractivity contribution in [3.8, 4) is 0 Å². The van der Waals surface area contributed by atoms with Crippen LogP contribution in [0.2, 0.25) is 0 Å². The molecule has 0 atom stereocenters. The molecule has 3 aromatic rings. The van der Waals surface area contributed by atoms with Gasteiger partial charge in [0.15, 0.2) is 0 Å². The van der Waals surface area contributed by atoms with Gasteiger partial charge < -0.3 is 9.47 Å². The summed E-state index contributed by atoms with van der Waals surface area (Å²) in [7, 11) is 2.55. The lowest BCUT2D eigenvalue weighted by Crippen LogP contribution is -2.10. The molecule has 0 aliphatic carbocycles. The molecule has 3 heterocycles. The first-order valence-electron chi connectivity index (χ1n) is 5.58. The van der Waals surface area contributed by atoms with Crippen LogP contribution in [0.25, 0.3) is 11.0 Å². The number of carbonyl (C=O) groups excluding carboxylic acids is 2. The lowest BCUT2D eigenvalue weighted by atomic mass is 10.1. The van der Waals surface area contributed by atoms with Crippen LogP contribution in [0.5, 0.6) is 0 Å². The van der Waals surface area contributed by atoms with Crippen molar-refractivity contribution in [2.75, 3.05) is 14.2 Å². The molecule has 0 N–H and O–H groups in total. The molecule has 98 valence electrons. The van der Waals surface area contributed by atoms with Crippen LogP contribution < -0.4 is 0 Å². The maximum Gasteiger partial charge on any atom is 0.341 e. The molecule has 3 rings (SSSR count). The van der Waals surface area contributed by atoms with E-state index in [-0.39, 0.29) is 11.1 Å². The van der Waals surface area contributed by atoms with Gasteiger partial charge in [0.1, 0.15) is 16.6 Å². The van der Waals surface area contributed by atoms with E-state index in [0.717, 1.165) is 0 Å². The third kappa shape index (κ3) is 1.29. The van der Waals surface area contributed by atoms with Gasteiger partial charge in [-0.1, -0.05) is 0 Å². The minimum absolute atomic E-state index is 0.192. The Balaban J connectivity index is 2.50. The van der Waals surface area contributed by atoms with Crippen molar-refractivity contribution in [1.29, 1.82) is 0 Å². The number of hydrogen-bond acceptors (Lipinski definition) is 5. The molecule has 0 saturated carbocycles. The fourth-order valence-electron chi connectivity index (χ4n) is 2.37. The van der Waals surface area contributed by atoms with Crippen LogP contribution in [0.4, 0.5) is 0 Å². The van der Waals surface area contributed by atoms with Crippen LogP contribution in [0.1, 0.15) is 26.4 Å². The molecule has 7 nitrogen and oxygen atoms in total. The van der Waals surface area contributed by atoms with E-state index in [1.807, 2.05) is 0 Å². The van der Waals surface area contributed by atoms with Gasteiger partial charge in [-0.25, -0.2) is 14.1 Å².